The fourth-order valence-corrected chi connectivity index (χ4v) is 4.17. The van der Waals surface area contributed by atoms with Crippen molar-refractivity contribution in [1.29, 1.82) is 0 Å². The lowest BCUT2D eigenvalue weighted by atomic mass is 10.0. The normalized spacial score (nSPS) is 13.8. The van der Waals surface area contributed by atoms with Gasteiger partial charge in [0.1, 0.15) is 0 Å². The minimum absolute atomic E-state index is 0.160. The van der Waals surface area contributed by atoms with Crippen LogP contribution in [-0.2, 0) is 16.4 Å². The van der Waals surface area contributed by atoms with Gasteiger partial charge in [0.05, 0.1) is 18.0 Å². The third-order valence-corrected chi connectivity index (χ3v) is 6.45. The Hall–Kier alpha value is -2.54. The lowest BCUT2D eigenvalue weighted by Crippen LogP contribution is -2.28. The van der Waals surface area contributed by atoms with Crippen molar-refractivity contribution in [3.8, 4) is 0 Å². The number of nitrogens with one attached hydrogen (secondary N) is 2. The highest BCUT2D eigenvalue weighted by Gasteiger charge is 2.16. The van der Waals surface area contributed by atoms with E-state index in [1.807, 2.05) is 43.3 Å². The summed E-state index contributed by atoms with van der Waals surface area (Å²) >= 11 is 0. The number of guanidine groups is 1. The Morgan fingerprint density at radius 1 is 1.07 bits per heavy atom. The van der Waals surface area contributed by atoms with E-state index in [4.69, 9.17) is 0 Å². The molecule has 1 aliphatic heterocycles. The molecule has 6 nitrogen and oxygen atoms in total. The summed E-state index contributed by atoms with van der Waals surface area (Å²) in [4.78, 5) is 4.32. The Morgan fingerprint density at radius 2 is 1.70 bits per heavy atom. The Morgan fingerprint density at radius 3 is 2.26 bits per heavy atom. The number of hydrogen-bond acceptors (Lipinski definition) is 5. The number of anilines is 2. The van der Waals surface area contributed by atoms with Crippen LogP contribution < -0.4 is 14.9 Å². The van der Waals surface area contributed by atoms with Crippen molar-refractivity contribution in [3.05, 3.63) is 59.7 Å². The fourth-order valence-electron chi connectivity index (χ4n) is 2.94. The summed E-state index contributed by atoms with van der Waals surface area (Å²) in [6.07, 6.45) is 1.41. The number of rotatable bonds is 7. The zero-order chi connectivity index (χ0) is 19.3. The molecular weight excluding hydrogens is 360 g/mol. The maximum atomic E-state index is 12.2. The molecule has 0 saturated carbocycles. The highest BCUT2D eigenvalue weighted by molar-refractivity contribution is 7.92. The van der Waals surface area contributed by atoms with Crippen molar-refractivity contribution >= 4 is 27.4 Å². The maximum Gasteiger partial charge on any atom is 0.234 e. The first-order chi connectivity index (χ1) is 13.0. The molecule has 0 aliphatic carbocycles. The molecule has 7 heteroatoms. The van der Waals surface area contributed by atoms with Gasteiger partial charge in [0.15, 0.2) is 5.96 Å². The first-order valence-electron chi connectivity index (χ1n) is 9.18. The Labute approximate surface area is 161 Å². The van der Waals surface area contributed by atoms with E-state index < -0.39 is 10.0 Å². The molecule has 0 spiro atoms. The van der Waals surface area contributed by atoms with E-state index in [0.29, 0.717) is 12.1 Å². The van der Waals surface area contributed by atoms with Crippen LogP contribution in [0.2, 0.25) is 0 Å². The summed E-state index contributed by atoms with van der Waals surface area (Å²) in [6, 6.07) is 15.9. The highest BCUT2D eigenvalue weighted by Crippen LogP contribution is 2.20. The second kappa shape index (κ2) is 8.43. The van der Waals surface area contributed by atoms with Crippen molar-refractivity contribution in [3.63, 3.8) is 0 Å². The van der Waals surface area contributed by atoms with Gasteiger partial charge in [-0.2, -0.15) is 0 Å². The summed E-state index contributed by atoms with van der Waals surface area (Å²) in [5.41, 5.74) is 4.03. The van der Waals surface area contributed by atoms with Crippen LogP contribution in [0.1, 0.15) is 24.5 Å². The van der Waals surface area contributed by atoms with Crippen molar-refractivity contribution in [1.82, 2.24) is 5.32 Å². The van der Waals surface area contributed by atoms with Crippen LogP contribution in [0.3, 0.4) is 0 Å². The first kappa shape index (κ1) is 19.2. The van der Waals surface area contributed by atoms with E-state index in [2.05, 4.69) is 27.8 Å². The van der Waals surface area contributed by atoms with E-state index in [-0.39, 0.29) is 5.75 Å². The molecule has 27 heavy (non-hydrogen) atoms. The van der Waals surface area contributed by atoms with Gasteiger partial charge in [-0.3, -0.25) is 9.30 Å². The van der Waals surface area contributed by atoms with E-state index in [1.165, 1.54) is 9.87 Å². The van der Waals surface area contributed by atoms with Gasteiger partial charge in [0.25, 0.3) is 0 Å². The highest BCUT2D eigenvalue weighted by atomic mass is 32.2. The van der Waals surface area contributed by atoms with Crippen LogP contribution >= 0.6 is 0 Å². The molecule has 0 fully saturated rings. The maximum absolute atomic E-state index is 12.2. The molecule has 0 bridgehead atoms. The van der Waals surface area contributed by atoms with Gasteiger partial charge in [-0.15, -0.1) is 0 Å². The van der Waals surface area contributed by atoms with Crippen LogP contribution in [0.25, 0.3) is 0 Å². The molecule has 3 rings (SSSR count). The molecule has 2 N–H and O–H groups in total. The molecule has 0 saturated heterocycles. The summed E-state index contributed by atoms with van der Waals surface area (Å²) in [5.74, 6) is 0.980. The molecule has 1 aliphatic rings. The first-order valence-corrected chi connectivity index (χ1v) is 10.8. The fraction of sp³-hybridized carbons (Fsp3) is 0.350. The van der Waals surface area contributed by atoms with Crippen LogP contribution in [-0.4, -0.2) is 40.3 Å². The third-order valence-electron chi connectivity index (χ3n) is 4.48. The minimum Gasteiger partial charge on any atom is -0.354 e. The van der Waals surface area contributed by atoms with E-state index >= 15 is 0 Å². The number of benzene rings is 2. The van der Waals surface area contributed by atoms with E-state index in [9.17, 15) is 8.42 Å². The van der Waals surface area contributed by atoms with Crippen LogP contribution in [0, 0.1) is 0 Å². The molecule has 0 radical (unpaired) electrons. The average molecular weight is 387 g/mol. The van der Waals surface area contributed by atoms with Gasteiger partial charge < -0.3 is 10.6 Å². The molecule has 0 unspecified atom stereocenters. The van der Waals surface area contributed by atoms with Gasteiger partial charge in [-0.05, 0) is 48.2 Å². The zero-order valence-electron chi connectivity index (χ0n) is 15.8. The molecule has 0 amide bonds. The quantitative estimate of drug-likeness (QED) is 0.767. The standard InChI is InChI=1S/C20H26N4O2S/c1-3-14-27(25,26)24(2)19-10-6-17(7-11-19)15-16-4-8-18(9-5-16)23-20-21-12-13-22-20/h4-11H,3,12-15H2,1-2H3,(H2,21,22,23). The van der Waals surface area contributed by atoms with Crippen molar-refractivity contribution in [2.75, 3.05) is 35.5 Å². The Kier molecular flexibility index (Phi) is 6.01. The molecule has 2 aromatic rings. The minimum atomic E-state index is -3.24. The summed E-state index contributed by atoms with van der Waals surface area (Å²) in [5, 5.41) is 6.44. The van der Waals surface area contributed by atoms with Crippen LogP contribution in [0.15, 0.2) is 53.5 Å². The molecule has 144 valence electrons. The predicted molar refractivity (Wildman–Crippen MR) is 112 cm³/mol. The average Bonchev–Trinajstić information content (AvgIpc) is 3.16. The molecule has 0 aromatic heterocycles. The number of nitrogens with zero attached hydrogens (tertiary/aromatic N) is 2. The van der Waals surface area contributed by atoms with Gasteiger partial charge in [-0.1, -0.05) is 31.2 Å². The summed E-state index contributed by atoms with van der Waals surface area (Å²) in [6.45, 7) is 3.56. The zero-order valence-corrected chi connectivity index (χ0v) is 16.6. The van der Waals surface area contributed by atoms with Gasteiger partial charge in [-0.25, -0.2) is 8.42 Å². The van der Waals surface area contributed by atoms with Gasteiger partial charge in [0, 0.05) is 19.3 Å². The Balaban J connectivity index is 1.62. The second-order valence-electron chi connectivity index (χ2n) is 6.61. The van der Waals surface area contributed by atoms with Crippen LogP contribution in [0.5, 0.6) is 0 Å². The molecule has 1 heterocycles. The molecule has 0 atom stereocenters. The van der Waals surface area contributed by atoms with E-state index in [0.717, 1.165) is 36.7 Å². The topological polar surface area (TPSA) is 73.8 Å². The predicted octanol–water partition coefficient (Wildman–Crippen LogP) is 2.82. The molecule has 2 aromatic carbocycles. The number of hydrogen-bond donors (Lipinski definition) is 2. The smallest absolute Gasteiger partial charge is 0.234 e. The SMILES string of the molecule is CCCS(=O)(=O)N(C)c1ccc(Cc2ccc(NC3=NCCN3)cc2)cc1. The van der Waals surface area contributed by atoms with Crippen molar-refractivity contribution < 1.29 is 8.42 Å². The summed E-state index contributed by atoms with van der Waals surface area (Å²) in [7, 11) is -1.63. The summed E-state index contributed by atoms with van der Waals surface area (Å²) < 4.78 is 25.7. The van der Waals surface area contributed by atoms with Crippen molar-refractivity contribution in [2.45, 2.75) is 19.8 Å². The number of aliphatic imine (C=N–C) groups is 1. The lowest BCUT2D eigenvalue weighted by molar-refractivity contribution is 0.593. The lowest BCUT2D eigenvalue weighted by Gasteiger charge is -2.19. The number of sulfonamides is 1. The van der Waals surface area contributed by atoms with Crippen molar-refractivity contribution in [2.24, 2.45) is 4.99 Å². The molecular formula is C20H26N4O2S. The second-order valence-corrected chi connectivity index (χ2v) is 8.73. The third kappa shape index (κ3) is 5.01. The van der Waals surface area contributed by atoms with Gasteiger partial charge in [0.2, 0.25) is 10.0 Å². The van der Waals surface area contributed by atoms with Gasteiger partial charge >= 0.3 is 0 Å². The Bertz CT molecular complexity index is 891. The van der Waals surface area contributed by atoms with Crippen LogP contribution in [0.4, 0.5) is 11.4 Å². The monoisotopic (exact) mass is 386 g/mol. The largest absolute Gasteiger partial charge is 0.354 e. The van der Waals surface area contributed by atoms with E-state index in [1.54, 1.807) is 7.05 Å².